The molecular weight excluding hydrogens is 464 g/mol. The Morgan fingerprint density at radius 1 is 0.784 bits per heavy atom. The molecule has 0 saturated heterocycles. The van der Waals surface area contributed by atoms with E-state index in [-0.39, 0.29) is 18.4 Å². The highest BCUT2D eigenvalue weighted by molar-refractivity contribution is 5.94. The third kappa shape index (κ3) is 5.37. The number of carbonyl (C=O) groups is 2. The zero-order valence-corrected chi connectivity index (χ0v) is 21.0. The number of nitrogens with zero attached hydrogens (tertiary/aromatic N) is 3. The maximum Gasteiger partial charge on any atom is 0.315 e. The molecule has 1 amide bonds. The maximum atomic E-state index is 12.5. The monoisotopic (exact) mass is 496 g/mol. The smallest absolute Gasteiger partial charge is 0.315 e. The van der Waals surface area contributed by atoms with Crippen LogP contribution in [0.15, 0.2) is 97.3 Å². The molecule has 2 atom stereocenters. The molecule has 190 valence electrons. The van der Waals surface area contributed by atoms with E-state index < -0.39 is 5.97 Å². The van der Waals surface area contributed by atoms with Gasteiger partial charge in [-0.1, -0.05) is 60.7 Å². The minimum Gasteiger partial charge on any atom is -0.469 e. The molecule has 0 bridgehead atoms. The number of hydrogen-bond donors (Lipinski definition) is 1. The van der Waals surface area contributed by atoms with Crippen molar-refractivity contribution in [1.82, 2.24) is 19.4 Å². The van der Waals surface area contributed by atoms with Gasteiger partial charge < -0.3 is 24.1 Å². The van der Waals surface area contributed by atoms with Crippen molar-refractivity contribution in [1.29, 1.82) is 0 Å². The van der Waals surface area contributed by atoms with E-state index in [4.69, 9.17) is 0 Å². The fourth-order valence-corrected chi connectivity index (χ4v) is 5.20. The lowest BCUT2D eigenvalue weighted by Crippen LogP contribution is -2.43. The van der Waals surface area contributed by atoms with Gasteiger partial charge in [0.05, 0.1) is 19.2 Å². The predicted molar refractivity (Wildman–Crippen MR) is 142 cm³/mol. The third-order valence-corrected chi connectivity index (χ3v) is 6.99. The molecule has 2 aromatic carbocycles. The number of hydrogen-bond acceptors (Lipinski definition) is 4. The number of ether oxygens (including phenoxy) is 1. The standard InChI is InChI=1S/C17H18N2O3.C13H14N2/c1-22-16(21)12-15(20)19-11-10-18-9-5-8-14(18)17(19)13-6-3-2-4-7-13;1-2-5-11(6-3-1)13-12-7-4-9-15(12)10-8-14-13/h2-9,17H,10-12H2,1H3;1-7,9,13-14H,8,10H2. The molecule has 37 heavy (non-hydrogen) atoms. The molecule has 4 aromatic rings. The van der Waals surface area contributed by atoms with Crippen LogP contribution in [0.25, 0.3) is 0 Å². The van der Waals surface area contributed by atoms with Gasteiger partial charge in [0.2, 0.25) is 5.91 Å². The Balaban J connectivity index is 0.000000162. The highest BCUT2D eigenvalue weighted by Crippen LogP contribution is 2.32. The van der Waals surface area contributed by atoms with Crippen molar-refractivity contribution in [3.05, 3.63) is 120 Å². The van der Waals surface area contributed by atoms with Gasteiger partial charge in [-0.3, -0.25) is 9.59 Å². The molecule has 0 spiro atoms. The van der Waals surface area contributed by atoms with Gasteiger partial charge in [-0.2, -0.15) is 0 Å². The number of benzene rings is 2. The van der Waals surface area contributed by atoms with E-state index in [1.54, 1.807) is 4.90 Å². The summed E-state index contributed by atoms with van der Waals surface area (Å²) in [5, 5.41) is 3.56. The predicted octanol–water partition coefficient (Wildman–Crippen LogP) is 4.16. The minimum absolute atomic E-state index is 0.165. The fourth-order valence-electron chi connectivity index (χ4n) is 5.20. The Bertz CT molecular complexity index is 1330. The lowest BCUT2D eigenvalue weighted by atomic mass is 9.99. The van der Waals surface area contributed by atoms with Crippen molar-refractivity contribution < 1.29 is 14.3 Å². The number of esters is 1. The molecule has 7 nitrogen and oxygen atoms in total. The minimum atomic E-state index is -0.502. The second kappa shape index (κ2) is 11.3. The average molecular weight is 497 g/mol. The SMILES string of the molecule is COC(=O)CC(=O)N1CCn2cccc2C1c1ccccc1.c1ccc(C2NCCn3cccc32)cc1. The molecule has 2 unspecified atom stereocenters. The zero-order valence-electron chi connectivity index (χ0n) is 21.0. The molecule has 0 aliphatic carbocycles. The van der Waals surface area contributed by atoms with Gasteiger partial charge in [-0.15, -0.1) is 0 Å². The van der Waals surface area contributed by atoms with Gasteiger partial charge in [0.1, 0.15) is 6.42 Å². The second-order valence-corrected chi connectivity index (χ2v) is 9.20. The van der Waals surface area contributed by atoms with Gasteiger partial charge in [-0.05, 0) is 35.4 Å². The largest absolute Gasteiger partial charge is 0.469 e. The number of carbonyl (C=O) groups excluding carboxylic acids is 2. The molecule has 0 radical (unpaired) electrons. The summed E-state index contributed by atoms with van der Waals surface area (Å²) in [6, 6.07) is 29.0. The third-order valence-electron chi connectivity index (χ3n) is 6.99. The number of rotatable bonds is 4. The van der Waals surface area contributed by atoms with Crippen molar-refractivity contribution in [2.75, 3.05) is 20.2 Å². The first-order chi connectivity index (χ1) is 18.2. The van der Waals surface area contributed by atoms with E-state index in [0.29, 0.717) is 12.6 Å². The quantitative estimate of drug-likeness (QED) is 0.340. The van der Waals surface area contributed by atoms with Crippen molar-refractivity contribution >= 4 is 11.9 Å². The van der Waals surface area contributed by atoms with Crippen LogP contribution in [0.2, 0.25) is 0 Å². The topological polar surface area (TPSA) is 68.5 Å². The molecule has 6 rings (SSSR count). The van der Waals surface area contributed by atoms with E-state index in [1.165, 1.54) is 18.4 Å². The van der Waals surface area contributed by atoms with Crippen LogP contribution in [-0.2, 0) is 27.4 Å². The number of amides is 1. The van der Waals surface area contributed by atoms with Crippen LogP contribution in [0.4, 0.5) is 0 Å². The Kier molecular flexibility index (Phi) is 7.51. The summed E-state index contributed by atoms with van der Waals surface area (Å²) in [5.74, 6) is -0.703. The molecule has 2 aliphatic heterocycles. The molecule has 4 heterocycles. The van der Waals surface area contributed by atoms with Gasteiger partial charge in [0.15, 0.2) is 0 Å². The van der Waals surface area contributed by atoms with Crippen LogP contribution in [0, 0.1) is 0 Å². The molecule has 2 aromatic heterocycles. The molecule has 0 fully saturated rings. The second-order valence-electron chi connectivity index (χ2n) is 9.20. The van der Waals surface area contributed by atoms with Gasteiger partial charge in [0.25, 0.3) is 0 Å². The lowest BCUT2D eigenvalue weighted by Gasteiger charge is -2.37. The Labute approximate surface area is 217 Å². The number of methoxy groups -OCH3 is 1. The summed E-state index contributed by atoms with van der Waals surface area (Å²) in [5.41, 5.74) is 4.82. The highest BCUT2D eigenvalue weighted by atomic mass is 16.5. The summed E-state index contributed by atoms with van der Waals surface area (Å²) in [6.45, 7) is 3.43. The van der Waals surface area contributed by atoms with Crippen molar-refractivity contribution in [2.45, 2.75) is 31.6 Å². The summed E-state index contributed by atoms with van der Waals surface area (Å²) < 4.78 is 9.10. The number of aromatic nitrogens is 2. The lowest BCUT2D eigenvalue weighted by molar-refractivity contribution is -0.147. The fraction of sp³-hybridized carbons (Fsp3) is 0.267. The van der Waals surface area contributed by atoms with Crippen molar-refractivity contribution in [2.24, 2.45) is 0 Å². The van der Waals surface area contributed by atoms with Crippen LogP contribution in [-0.4, -0.2) is 46.1 Å². The molecule has 0 saturated carbocycles. The van der Waals surface area contributed by atoms with Crippen LogP contribution in [0.3, 0.4) is 0 Å². The number of nitrogens with one attached hydrogen (secondary N) is 1. The first-order valence-corrected chi connectivity index (χ1v) is 12.7. The van der Waals surface area contributed by atoms with Crippen LogP contribution in [0.1, 0.15) is 41.0 Å². The summed E-state index contributed by atoms with van der Waals surface area (Å²) in [4.78, 5) is 25.7. The van der Waals surface area contributed by atoms with Gasteiger partial charge in [0, 0.05) is 50.0 Å². The highest BCUT2D eigenvalue weighted by Gasteiger charge is 2.32. The summed E-state index contributed by atoms with van der Waals surface area (Å²) in [7, 11) is 1.30. The van der Waals surface area contributed by atoms with E-state index in [2.05, 4.69) is 67.8 Å². The normalized spacial score (nSPS) is 18.1. The Morgan fingerprint density at radius 2 is 1.41 bits per heavy atom. The summed E-state index contributed by atoms with van der Waals surface area (Å²) in [6.07, 6.45) is 3.96. The average Bonchev–Trinajstić information content (AvgIpc) is 3.63. The van der Waals surface area contributed by atoms with E-state index in [1.807, 2.05) is 48.7 Å². The Morgan fingerprint density at radius 3 is 2.08 bits per heavy atom. The van der Waals surface area contributed by atoms with E-state index in [0.717, 1.165) is 30.9 Å². The van der Waals surface area contributed by atoms with Crippen LogP contribution in [0.5, 0.6) is 0 Å². The van der Waals surface area contributed by atoms with Crippen LogP contribution < -0.4 is 5.32 Å². The zero-order chi connectivity index (χ0) is 25.6. The van der Waals surface area contributed by atoms with Crippen molar-refractivity contribution in [3.8, 4) is 0 Å². The first-order valence-electron chi connectivity index (χ1n) is 12.7. The van der Waals surface area contributed by atoms with Crippen LogP contribution >= 0.6 is 0 Å². The molecule has 7 heteroatoms. The van der Waals surface area contributed by atoms with E-state index >= 15 is 0 Å². The van der Waals surface area contributed by atoms with E-state index in [9.17, 15) is 9.59 Å². The molecule has 2 aliphatic rings. The van der Waals surface area contributed by atoms with Gasteiger partial charge in [-0.25, -0.2) is 0 Å². The van der Waals surface area contributed by atoms with Crippen molar-refractivity contribution in [3.63, 3.8) is 0 Å². The Hall–Kier alpha value is -4.10. The number of fused-ring (bicyclic) bond motifs is 2. The first kappa shape index (κ1) is 24.6. The maximum absolute atomic E-state index is 12.5. The summed E-state index contributed by atoms with van der Waals surface area (Å²) >= 11 is 0. The molecular formula is C30H32N4O3. The van der Waals surface area contributed by atoms with Gasteiger partial charge >= 0.3 is 5.97 Å². The molecule has 1 N–H and O–H groups in total.